The molecule has 0 spiro atoms. The van der Waals surface area contributed by atoms with Crippen LogP contribution in [-0.4, -0.2) is 15.0 Å². The molecule has 5 heteroatoms. The van der Waals surface area contributed by atoms with Gasteiger partial charge in [0, 0.05) is 47.6 Å². The predicted molar refractivity (Wildman–Crippen MR) is 224 cm³/mol. The second-order valence-electron chi connectivity index (χ2n) is 13.9. The molecular formula is C49H31N3OS. The summed E-state index contributed by atoms with van der Waals surface area (Å²) in [5, 5.41) is 4.88. The highest BCUT2D eigenvalue weighted by Gasteiger charge is 2.20. The highest BCUT2D eigenvalue weighted by atomic mass is 32.1. The van der Waals surface area contributed by atoms with E-state index >= 15 is 0 Å². The molecule has 1 aliphatic carbocycles. The molecule has 11 rings (SSSR count). The van der Waals surface area contributed by atoms with Crippen LogP contribution in [-0.2, 0) is 6.42 Å². The molecule has 0 amide bonds. The summed E-state index contributed by atoms with van der Waals surface area (Å²) in [6.07, 6.45) is 4.21. The molecule has 4 nitrogen and oxygen atoms in total. The minimum Gasteiger partial charge on any atom is -0.456 e. The van der Waals surface area contributed by atoms with Gasteiger partial charge in [-0.2, -0.15) is 0 Å². The first-order valence-corrected chi connectivity index (χ1v) is 19.1. The second-order valence-corrected chi connectivity index (χ2v) is 15.0. The fourth-order valence-corrected chi connectivity index (χ4v) is 9.13. The van der Waals surface area contributed by atoms with Gasteiger partial charge in [-0.15, -0.1) is 11.3 Å². The van der Waals surface area contributed by atoms with Crippen LogP contribution in [0.2, 0.25) is 0 Å². The first-order valence-electron chi connectivity index (χ1n) is 18.3. The number of furan rings is 1. The number of para-hydroxylation sites is 1. The first kappa shape index (κ1) is 30.9. The summed E-state index contributed by atoms with van der Waals surface area (Å²) in [4.78, 5) is 15.5. The molecule has 0 saturated heterocycles. The fourth-order valence-electron chi connectivity index (χ4n) is 7.98. The van der Waals surface area contributed by atoms with Gasteiger partial charge in [0.1, 0.15) is 11.2 Å². The minimum atomic E-state index is 0.657. The number of aryl methyl sites for hydroxylation is 1. The molecule has 0 bridgehead atoms. The van der Waals surface area contributed by atoms with Gasteiger partial charge in [0.15, 0.2) is 17.5 Å². The van der Waals surface area contributed by atoms with Crippen LogP contribution in [0, 0.1) is 0 Å². The molecule has 54 heavy (non-hydrogen) atoms. The van der Waals surface area contributed by atoms with Gasteiger partial charge >= 0.3 is 0 Å². The van der Waals surface area contributed by atoms with Gasteiger partial charge in [-0.3, -0.25) is 0 Å². The van der Waals surface area contributed by atoms with Crippen molar-refractivity contribution in [3.05, 3.63) is 174 Å². The van der Waals surface area contributed by atoms with Crippen LogP contribution in [0.5, 0.6) is 0 Å². The summed E-state index contributed by atoms with van der Waals surface area (Å²) in [5.74, 6) is 1.99. The number of fused-ring (bicyclic) bond motifs is 7. The van der Waals surface area contributed by atoms with Crippen LogP contribution in [0.15, 0.2) is 162 Å². The van der Waals surface area contributed by atoms with E-state index in [4.69, 9.17) is 19.4 Å². The van der Waals surface area contributed by atoms with E-state index in [1.54, 1.807) is 11.3 Å². The van der Waals surface area contributed by atoms with Crippen molar-refractivity contribution in [2.45, 2.75) is 12.8 Å². The Hall–Kier alpha value is -6.69. The van der Waals surface area contributed by atoms with Crippen molar-refractivity contribution >= 4 is 65.1 Å². The standard InChI is InChI=1S/C49H31N3OS/c1-2-10-30(11-3-1)31-12-8-13-35(27-31)47-50-48(52-49(51-47)37-24-25-40-39-14-5-7-19-44(39)54-45(40)29-37)36-23-21-32-26-34(22-20-33(32)28-36)38-16-9-18-43-46(38)41-15-4-6-17-42(41)53-43/h1-19,21,23-29H,20,22H2. The molecular weight excluding hydrogens is 679 g/mol. The molecule has 7 aromatic carbocycles. The zero-order valence-electron chi connectivity index (χ0n) is 29.2. The van der Waals surface area contributed by atoms with E-state index in [0.717, 1.165) is 57.2 Å². The number of rotatable bonds is 5. The quantitative estimate of drug-likeness (QED) is 0.178. The Morgan fingerprint density at radius 1 is 0.444 bits per heavy atom. The highest BCUT2D eigenvalue weighted by molar-refractivity contribution is 7.25. The minimum absolute atomic E-state index is 0.657. The average molecular weight is 710 g/mol. The normalized spacial score (nSPS) is 12.8. The lowest BCUT2D eigenvalue weighted by Crippen LogP contribution is -2.03. The number of aromatic nitrogens is 3. The number of thiophene rings is 1. The topological polar surface area (TPSA) is 51.8 Å². The summed E-state index contributed by atoms with van der Waals surface area (Å²) in [6, 6.07) is 55.5. The molecule has 0 unspecified atom stereocenters. The Morgan fingerprint density at radius 3 is 1.96 bits per heavy atom. The van der Waals surface area contributed by atoms with E-state index in [1.807, 2.05) is 18.2 Å². The maximum atomic E-state index is 6.22. The van der Waals surface area contributed by atoms with Crippen molar-refractivity contribution < 1.29 is 4.42 Å². The third-order valence-corrected chi connectivity index (χ3v) is 11.8. The molecule has 0 radical (unpaired) electrons. The van der Waals surface area contributed by atoms with Crippen molar-refractivity contribution in [1.29, 1.82) is 0 Å². The van der Waals surface area contributed by atoms with E-state index in [1.165, 1.54) is 47.8 Å². The lowest BCUT2D eigenvalue weighted by atomic mass is 9.86. The Kier molecular flexibility index (Phi) is 7.13. The average Bonchev–Trinajstić information content (AvgIpc) is 3.82. The summed E-state index contributed by atoms with van der Waals surface area (Å²) in [5.41, 5.74) is 12.1. The molecule has 0 atom stereocenters. The van der Waals surface area contributed by atoms with Gasteiger partial charge in [0.25, 0.3) is 0 Å². The molecule has 3 heterocycles. The first-order chi connectivity index (χ1) is 26.7. The summed E-state index contributed by atoms with van der Waals surface area (Å²) in [7, 11) is 0. The molecule has 254 valence electrons. The Balaban J connectivity index is 1.03. The SMILES string of the molecule is C1=C(c2cccc3oc4ccccc4c23)CCc2cc(-c3nc(-c4cccc(-c5ccccc5)c4)nc(-c4ccc5c(c4)sc4ccccc45)n3)ccc21. The van der Waals surface area contributed by atoms with Gasteiger partial charge in [0.2, 0.25) is 0 Å². The van der Waals surface area contributed by atoms with Crippen molar-refractivity contribution in [3.63, 3.8) is 0 Å². The van der Waals surface area contributed by atoms with E-state index in [-0.39, 0.29) is 0 Å². The summed E-state index contributed by atoms with van der Waals surface area (Å²) >= 11 is 1.80. The third kappa shape index (κ3) is 5.24. The molecule has 10 aromatic rings. The molecule has 0 aliphatic heterocycles. The molecule has 3 aromatic heterocycles. The van der Waals surface area contributed by atoms with Gasteiger partial charge in [-0.1, -0.05) is 127 Å². The second kappa shape index (κ2) is 12.5. The number of hydrogen-bond acceptors (Lipinski definition) is 5. The molecule has 0 saturated carbocycles. The molecule has 0 N–H and O–H groups in total. The number of allylic oxidation sites excluding steroid dienone is 1. The Bertz CT molecular complexity index is 3120. The van der Waals surface area contributed by atoms with Gasteiger partial charge in [-0.25, -0.2) is 15.0 Å². The fraction of sp³-hybridized carbons (Fsp3) is 0.0408. The van der Waals surface area contributed by atoms with E-state index in [0.29, 0.717) is 17.5 Å². The van der Waals surface area contributed by atoms with Gasteiger partial charge < -0.3 is 4.42 Å². The number of benzene rings is 7. The lowest BCUT2D eigenvalue weighted by Gasteiger charge is -2.18. The Morgan fingerprint density at radius 2 is 1.09 bits per heavy atom. The maximum Gasteiger partial charge on any atom is 0.164 e. The van der Waals surface area contributed by atoms with Gasteiger partial charge in [0.05, 0.1) is 0 Å². The molecule has 1 aliphatic rings. The van der Waals surface area contributed by atoms with E-state index < -0.39 is 0 Å². The number of hydrogen-bond donors (Lipinski definition) is 0. The Labute approximate surface area is 315 Å². The van der Waals surface area contributed by atoms with Crippen LogP contribution < -0.4 is 0 Å². The van der Waals surface area contributed by atoms with Crippen LogP contribution in [0.3, 0.4) is 0 Å². The highest BCUT2D eigenvalue weighted by Crippen LogP contribution is 2.40. The van der Waals surface area contributed by atoms with Gasteiger partial charge in [-0.05, 0) is 82.6 Å². The van der Waals surface area contributed by atoms with Crippen LogP contribution in [0.1, 0.15) is 23.1 Å². The van der Waals surface area contributed by atoms with Crippen molar-refractivity contribution in [3.8, 4) is 45.3 Å². The van der Waals surface area contributed by atoms with Crippen molar-refractivity contribution in [1.82, 2.24) is 15.0 Å². The van der Waals surface area contributed by atoms with Crippen LogP contribution in [0.25, 0.3) is 99.1 Å². The summed E-state index contributed by atoms with van der Waals surface area (Å²) < 4.78 is 8.72. The largest absolute Gasteiger partial charge is 0.456 e. The van der Waals surface area contributed by atoms with Crippen molar-refractivity contribution in [2.24, 2.45) is 0 Å². The lowest BCUT2D eigenvalue weighted by molar-refractivity contribution is 0.669. The summed E-state index contributed by atoms with van der Waals surface area (Å²) in [6.45, 7) is 0. The smallest absolute Gasteiger partial charge is 0.164 e. The van der Waals surface area contributed by atoms with E-state index in [9.17, 15) is 0 Å². The molecule has 0 fully saturated rings. The van der Waals surface area contributed by atoms with Crippen molar-refractivity contribution in [2.75, 3.05) is 0 Å². The monoisotopic (exact) mass is 709 g/mol. The zero-order valence-corrected chi connectivity index (χ0v) is 30.0. The third-order valence-electron chi connectivity index (χ3n) is 10.6. The van der Waals surface area contributed by atoms with E-state index in [2.05, 4.69) is 146 Å². The zero-order chi connectivity index (χ0) is 35.6. The number of nitrogens with zero attached hydrogens (tertiary/aromatic N) is 3. The predicted octanol–water partition coefficient (Wildman–Crippen LogP) is 13.3. The van der Waals surface area contributed by atoms with Crippen LogP contribution in [0.4, 0.5) is 0 Å². The maximum absolute atomic E-state index is 6.22. The van der Waals surface area contributed by atoms with Crippen LogP contribution >= 0.6 is 11.3 Å².